The van der Waals surface area contributed by atoms with Crippen molar-refractivity contribution in [2.75, 3.05) is 10.0 Å². The summed E-state index contributed by atoms with van der Waals surface area (Å²) in [5.41, 5.74) is 2.56. The zero-order chi connectivity index (χ0) is 21.0. The smallest absolute Gasteiger partial charge is 0.254 e. The molecule has 1 aliphatic carbocycles. The van der Waals surface area contributed by atoms with Gasteiger partial charge < -0.3 is 10.0 Å². The molecular weight excluding hydrogens is 373 g/mol. The van der Waals surface area contributed by atoms with Gasteiger partial charge in [-0.25, -0.2) is 4.39 Å². The Morgan fingerprint density at radius 3 is 2.43 bits per heavy atom. The topological polar surface area (TPSA) is 46.1 Å². The van der Waals surface area contributed by atoms with Crippen LogP contribution in [0.4, 0.5) is 21.6 Å². The van der Waals surface area contributed by atoms with Crippen LogP contribution in [0.15, 0.2) is 29.1 Å². The van der Waals surface area contributed by atoms with Gasteiger partial charge in [0.05, 0.1) is 11.4 Å². The first-order valence-corrected chi connectivity index (χ1v) is 10.8. The van der Waals surface area contributed by atoms with Gasteiger partial charge in [-0.1, -0.05) is 33.8 Å². The van der Waals surface area contributed by atoms with Crippen molar-refractivity contribution >= 4 is 29.1 Å². The molecule has 0 radical (unpaired) electrons. The van der Waals surface area contributed by atoms with Crippen LogP contribution in [0.3, 0.4) is 0 Å². The van der Waals surface area contributed by atoms with Gasteiger partial charge in [0.1, 0.15) is 11.6 Å². The minimum absolute atomic E-state index is 0.0953. The molecule has 1 heterocycles. The van der Waals surface area contributed by atoms with Crippen molar-refractivity contribution in [1.29, 1.82) is 0 Å². The van der Waals surface area contributed by atoms with E-state index < -0.39 is 0 Å². The van der Waals surface area contributed by atoms with Crippen LogP contribution in [0.5, 0.6) is 0 Å². The van der Waals surface area contributed by atoms with Gasteiger partial charge in [-0.3, -0.25) is 9.36 Å². The van der Waals surface area contributed by atoms with Crippen molar-refractivity contribution in [1.82, 2.24) is 4.57 Å². The van der Waals surface area contributed by atoms with E-state index in [2.05, 4.69) is 23.9 Å². The van der Waals surface area contributed by atoms with E-state index >= 15 is 0 Å². The number of rotatable bonds is 6. The first-order chi connectivity index (χ1) is 13.3. The summed E-state index contributed by atoms with van der Waals surface area (Å²) in [6.45, 7) is 12.1. The van der Waals surface area contributed by atoms with Crippen LogP contribution in [-0.2, 0) is 7.05 Å². The Kier molecular flexibility index (Phi) is 7.58. The molecule has 6 heteroatoms. The van der Waals surface area contributed by atoms with Crippen LogP contribution in [0.2, 0.25) is 0 Å². The molecule has 1 fully saturated rings. The Morgan fingerprint density at radius 1 is 1.18 bits per heavy atom. The van der Waals surface area contributed by atoms with Crippen LogP contribution in [0.1, 0.15) is 45.2 Å². The van der Waals surface area contributed by atoms with Gasteiger partial charge in [0.25, 0.3) is 5.56 Å². The summed E-state index contributed by atoms with van der Waals surface area (Å²) in [5, 5.41) is 3.67. The van der Waals surface area contributed by atoms with Gasteiger partial charge in [0.15, 0.2) is 0 Å². The number of pyridine rings is 1. The molecule has 4 nitrogen and oxygen atoms in total. The minimum atomic E-state index is -0.335. The van der Waals surface area contributed by atoms with Crippen molar-refractivity contribution < 1.29 is 4.39 Å². The summed E-state index contributed by atoms with van der Waals surface area (Å²) in [5.74, 6) is 1.64. The van der Waals surface area contributed by atoms with Crippen LogP contribution in [0, 0.1) is 31.5 Å². The number of hydrogen-bond acceptors (Lipinski definition) is 4. The highest BCUT2D eigenvalue weighted by molar-refractivity contribution is 8.01. The Hall–Kier alpha value is -1.95. The van der Waals surface area contributed by atoms with Gasteiger partial charge in [-0.15, -0.1) is 0 Å². The number of nitrogens with one attached hydrogen (secondary N) is 2. The monoisotopic (exact) mass is 405 g/mol. The van der Waals surface area contributed by atoms with Gasteiger partial charge in [-0.05, 0) is 67.8 Å². The molecule has 2 unspecified atom stereocenters. The first-order valence-electron chi connectivity index (χ1n) is 9.93. The highest BCUT2D eigenvalue weighted by atomic mass is 32.2. The van der Waals surface area contributed by atoms with E-state index in [1.54, 1.807) is 32.0 Å². The Labute approximate surface area is 172 Å². The summed E-state index contributed by atoms with van der Waals surface area (Å²) in [6.07, 6.45) is 1.20. The molecule has 3 rings (SSSR count). The predicted octanol–water partition coefficient (Wildman–Crippen LogP) is 6.02. The number of nitrogens with zero attached hydrogens (tertiary/aromatic N) is 1. The maximum Gasteiger partial charge on any atom is 0.254 e. The molecule has 2 N–H and O–H groups in total. The normalized spacial score (nSPS) is 17.8. The van der Waals surface area contributed by atoms with Crippen LogP contribution in [0.25, 0.3) is 0 Å². The van der Waals surface area contributed by atoms with Gasteiger partial charge in [-0.2, -0.15) is 0 Å². The average Bonchev–Trinajstić information content (AvgIpc) is 3.44. The molecule has 2 aromatic rings. The molecule has 2 atom stereocenters. The number of hydrogen-bond donors (Lipinski definition) is 2. The molecule has 0 saturated heterocycles. The molecule has 0 aliphatic heterocycles. The number of aryl methyl sites for hydroxylation is 2. The van der Waals surface area contributed by atoms with E-state index in [-0.39, 0.29) is 11.4 Å². The molecule has 0 amide bonds. The van der Waals surface area contributed by atoms with Crippen LogP contribution in [-0.4, -0.2) is 9.82 Å². The lowest BCUT2D eigenvalue weighted by molar-refractivity contribution is 0.566. The molecule has 1 aliphatic rings. The first kappa shape index (κ1) is 22.3. The molecular formula is C22H32FN3OS. The van der Waals surface area contributed by atoms with E-state index in [1.807, 2.05) is 32.9 Å². The van der Waals surface area contributed by atoms with Crippen LogP contribution < -0.4 is 15.6 Å². The lowest BCUT2D eigenvalue weighted by atomic mass is 10.1. The molecule has 1 saturated carbocycles. The number of aromatic nitrogens is 1. The summed E-state index contributed by atoms with van der Waals surface area (Å²) in [7, 11) is 1.70. The number of anilines is 3. The molecule has 0 spiro atoms. The zero-order valence-corrected chi connectivity index (χ0v) is 18.7. The highest BCUT2D eigenvalue weighted by Crippen LogP contribution is 2.46. The molecule has 28 heavy (non-hydrogen) atoms. The average molecular weight is 406 g/mol. The zero-order valence-electron chi connectivity index (χ0n) is 17.9. The lowest BCUT2D eigenvalue weighted by Crippen LogP contribution is -2.22. The molecule has 1 aromatic heterocycles. The predicted molar refractivity (Wildman–Crippen MR) is 120 cm³/mol. The minimum Gasteiger partial charge on any atom is -0.337 e. The van der Waals surface area contributed by atoms with E-state index in [0.29, 0.717) is 28.2 Å². The van der Waals surface area contributed by atoms with Crippen molar-refractivity contribution in [3.63, 3.8) is 0 Å². The fraction of sp³-hybridized carbons (Fsp3) is 0.500. The third-order valence-corrected chi connectivity index (χ3v) is 6.11. The molecule has 1 aromatic carbocycles. The second-order valence-corrected chi connectivity index (χ2v) is 8.51. The third kappa shape index (κ3) is 5.10. The fourth-order valence-corrected chi connectivity index (χ4v) is 4.38. The van der Waals surface area contributed by atoms with Crippen molar-refractivity contribution in [3.8, 4) is 0 Å². The summed E-state index contributed by atoms with van der Waals surface area (Å²) >= 11 is 1.69. The summed E-state index contributed by atoms with van der Waals surface area (Å²) < 4.78 is 19.2. The van der Waals surface area contributed by atoms with E-state index in [4.69, 9.17) is 0 Å². The van der Waals surface area contributed by atoms with E-state index in [1.165, 1.54) is 17.1 Å². The number of halogens is 1. The Balaban J connectivity index is 0.00000136. The fourth-order valence-electron chi connectivity index (χ4n) is 3.14. The van der Waals surface area contributed by atoms with Crippen molar-refractivity contribution in [2.45, 2.75) is 53.2 Å². The quantitative estimate of drug-likeness (QED) is 0.577. The van der Waals surface area contributed by atoms with Gasteiger partial charge in [0.2, 0.25) is 0 Å². The summed E-state index contributed by atoms with van der Waals surface area (Å²) in [4.78, 5) is 12.4. The Bertz CT molecular complexity index is 879. The maximum absolute atomic E-state index is 14.3. The molecule has 154 valence electrons. The largest absolute Gasteiger partial charge is 0.337 e. The van der Waals surface area contributed by atoms with Gasteiger partial charge >= 0.3 is 0 Å². The Morgan fingerprint density at radius 2 is 1.86 bits per heavy atom. The van der Waals surface area contributed by atoms with E-state index in [9.17, 15) is 9.18 Å². The lowest BCUT2D eigenvalue weighted by Gasteiger charge is -2.18. The van der Waals surface area contributed by atoms with E-state index in [0.717, 1.165) is 17.2 Å². The standard InChI is InChI=1S/C20H26FN3OS.C2H6/c1-11(2)14-10-18(14)26-23-17-9-13(4)20(25)24(5)19(17)22-16-7-6-12(3)8-15(16)21;1-2/h6-9,11,14,18,22-23H,10H2,1-5H3;1-2H3. The summed E-state index contributed by atoms with van der Waals surface area (Å²) in [6, 6.07) is 6.85. The van der Waals surface area contributed by atoms with Gasteiger partial charge in [0, 0.05) is 17.9 Å². The number of benzene rings is 1. The molecule has 0 bridgehead atoms. The highest BCUT2D eigenvalue weighted by Gasteiger charge is 2.40. The second kappa shape index (κ2) is 9.50. The van der Waals surface area contributed by atoms with Crippen molar-refractivity contribution in [2.24, 2.45) is 18.9 Å². The SMILES string of the molecule is CC.Cc1ccc(Nc2c(NSC3CC3C(C)C)cc(C)c(=O)n2C)c(F)c1. The second-order valence-electron chi connectivity index (χ2n) is 7.46. The maximum atomic E-state index is 14.3. The third-order valence-electron chi connectivity index (χ3n) is 4.93. The van der Waals surface area contributed by atoms with Crippen LogP contribution >= 0.6 is 11.9 Å². The van der Waals surface area contributed by atoms with Crippen molar-refractivity contribution in [3.05, 3.63) is 51.6 Å².